The lowest BCUT2D eigenvalue weighted by Gasteiger charge is -2.33. The van der Waals surface area contributed by atoms with Gasteiger partial charge in [-0.25, -0.2) is 4.79 Å². The quantitative estimate of drug-likeness (QED) is 0.509. The summed E-state index contributed by atoms with van der Waals surface area (Å²) in [5, 5.41) is 8.69. The van der Waals surface area contributed by atoms with Crippen LogP contribution < -0.4 is 25.4 Å². The SMILES string of the molecule is CCOc1ccc(NC(=O)N2CCC(NC(=O)[C@@H](Cc3ccccc3OC)NC(C)=O)CC2)cc1. The van der Waals surface area contributed by atoms with Gasteiger partial charge in [-0.2, -0.15) is 0 Å². The third-order valence-electron chi connectivity index (χ3n) is 5.86. The molecule has 9 nitrogen and oxygen atoms in total. The number of likely N-dealkylation sites (tertiary alicyclic amines) is 1. The van der Waals surface area contributed by atoms with E-state index in [1.54, 1.807) is 24.1 Å². The smallest absolute Gasteiger partial charge is 0.321 e. The second kappa shape index (κ2) is 12.6. The molecule has 2 aromatic rings. The molecule has 1 atom stereocenters. The molecule has 0 radical (unpaired) electrons. The van der Waals surface area contributed by atoms with E-state index in [0.717, 1.165) is 11.3 Å². The summed E-state index contributed by atoms with van der Waals surface area (Å²) in [6.45, 7) is 4.94. The fourth-order valence-corrected chi connectivity index (χ4v) is 4.08. The first-order valence-electron chi connectivity index (χ1n) is 11.9. The zero-order valence-corrected chi connectivity index (χ0v) is 20.5. The molecule has 1 aliphatic heterocycles. The third-order valence-corrected chi connectivity index (χ3v) is 5.86. The lowest BCUT2D eigenvalue weighted by Crippen LogP contribution is -2.53. The summed E-state index contributed by atoms with van der Waals surface area (Å²) < 4.78 is 10.8. The summed E-state index contributed by atoms with van der Waals surface area (Å²) in [6, 6.07) is 13.7. The van der Waals surface area contributed by atoms with Gasteiger partial charge in [0.05, 0.1) is 13.7 Å². The lowest BCUT2D eigenvalue weighted by atomic mass is 10.0. The van der Waals surface area contributed by atoms with E-state index in [0.29, 0.717) is 50.4 Å². The van der Waals surface area contributed by atoms with Gasteiger partial charge in [-0.3, -0.25) is 9.59 Å². The van der Waals surface area contributed by atoms with E-state index in [4.69, 9.17) is 9.47 Å². The minimum atomic E-state index is -0.718. The zero-order chi connectivity index (χ0) is 25.2. The standard InChI is InChI=1S/C26H34N4O5/c1-4-35-22-11-9-20(10-12-22)29-26(33)30-15-13-21(14-16-30)28-25(32)23(27-18(2)31)17-19-7-5-6-8-24(19)34-3/h5-12,21,23H,4,13-17H2,1-3H3,(H,27,31)(H,28,32)(H,29,33)/t23-/m1/s1. The van der Waals surface area contributed by atoms with E-state index in [1.807, 2.05) is 43.3 Å². The van der Waals surface area contributed by atoms with Crippen molar-refractivity contribution in [2.45, 2.75) is 45.2 Å². The fraction of sp³-hybridized carbons (Fsp3) is 0.423. The van der Waals surface area contributed by atoms with Gasteiger partial charge in [0, 0.05) is 38.2 Å². The Morgan fingerprint density at radius 1 is 1.06 bits per heavy atom. The van der Waals surface area contributed by atoms with Gasteiger partial charge in [0.25, 0.3) is 0 Å². The second-order valence-corrected chi connectivity index (χ2v) is 8.43. The first-order chi connectivity index (χ1) is 16.9. The average molecular weight is 483 g/mol. The number of rotatable bonds is 9. The first kappa shape index (κ1) is 25.9. The van der Waals surface area contributed by atoms with E-state index in [2.05, 4.69) is 16.0 Å². The second-order valence-electron chi connectivity index (χ2n) is 8.43. The Kier molecular flexibility index (Phi) is 9.34. The summed E-state index contributed by atoms with van der Waals surface area (Å²) in [6.07, 6.45) is 1.58. The highest BCUT2D eigenvalue weighted by atomic mass is 16.5. The number of amides is 4. The van der Waals surface area contributed by atoms with Crippen LogP contribution in [0.15, 0.2) is 48.5 Å². The van der Waals surface area contributed by atoms with Crippen LogP contribution >= 0.6 is 0 Å². The van der Waals surface area contributed by atoms with Crippen molar-refractivity contribution in [3.8, 4) is 11.5 Å². The number of hydrogen-bond acceptors (Lipinski definition) is 5. The normalized spacial score (nSPS) is 14.5. The monoisotopic (exact) mass is 482 g/mol. The number of carbonyl (C=O) groups is 3. The van der Waals surface area contributed by atoms with Gasteiger partial charge in [-0.15, -0.1) is 0 Å². The number of methoxy groups -OCH3 is 1. The number of hydrogen-bond donors (Lipinski definition) is 3. The van der Waals surface area contributed by atoms with Crippen LogP contribution in [0, 0.1) is 0 Å². The fourth-order valence-electron chi connectivity index (χ4n) is 4.08. The summed E-state index contributed by atoms with van der Waals surface area (Å²) in [4.78, 5) is 39.1. The Morgan fingerprint density at radius 2 is 1.74 bits per heavy atom. The van der Waals surface area contributed by atoms with Crippen LogP contribution in [-0.4, -0.2) is 61.6 Å². The maximum Gasteiger partial charge on any atom is 0.321 e. The highest BCUT2D eigenvalue weighted by molar-refractivity contribution is 5.89. The molecular formula is C26H34N4O5. The Bertz CT molecular complexity index is 1000. The van der Waals surface area contributed by atoms with Gasteiger partial charge in [0.15, 0.2) is 0 Å². The molecule has 1 heterocycles. The molecule has 1 saturated heterocycles. The van der Waals surface area contributed by atoms with E-state index >= 15 is 0 Å². The van der Waals surface area contributed by atoms with Crippen LogP contribution in [0.5, 0.6) is 11.5 Å². The van der Waals surface area contributed by atoms with Gasteiger partial charge in [0.2, 0.25) is 11.8 Å². The van der Waals surface area contributed by atoms with Crippen molar-refractivity contribution in [2.24, 2.45) is 0 Å². The van der Waals surface area contributed by atoms with Gasteiger partial charge >= 0.3 is 6.03 Å². The molecule has 0 aliphatic carbocycles. The van der Waals surface area contributed by atoms with Crippen LogP contribution in [0.1, 0.15) is 32.3 Å². The number of anilines is 1. The minimum absolute atomic E-state index is 0.0778. The van der Waals surface area contributed by atoms with Crippen molar-refractivity contribution < 1.29 is 23.9 Å². The molecule has 2 aromatic carbocycles. The van der Waals surface area contributed by atoms with Crippen LogP contribution in [0.2, 0.25) is 0 Å². The van der Waals surface area contributed by atoms with E-state index in [1.165, 1.54) is 6.92 Å². The van der Waals surface area contributed by atoms with E-state index < -0.39 is 6.04 Å². The molecule has 0 unspecified atom stereocenters. The van der Waals surface area contributed by atoms with Crippen molar-refractivity contribution in [1.29, 1.82) is 0 Å². The average Bonchev–Trinajstić information content (AvgIpc) is 2.85. The van der Waals surface area contributed by atoms with Crippen LogP contribution in [0.4, 0.5) is 10.5 Å². The first-order valence-corrected chi connectivity index (χ1v) is 11.9. The zero-order valence-electron chi connectivity index (χ0n) is 20.5. The third kappa shape index (κ3) is 7.63. The van der Waals surface area contributed by atoms with Crippen molar-refractivity contribution in [1.82, 2.24) is 15.5 Å². The summed E-state index contributed by atoms with van der Waals surface area (Å²) in [7, 11) is 1.58. The molecule has 188 valence electrons. The minimum Gasteiger partial charge on any atom is -0.496 e. The van der Waals surface area contributed by atoms with Crippen molar-refractivity contribution in [3.63, 3.8) is 0 Å². The molecule has 1 aliphatic rings. The number of piperidine rings is 1. The molecule has 0 spiro atoms. The molecule has 9 heteroatoms. The van der Waals surface area contributed by atoms with Crippen LogP contribution in [0.3, 0.4) is 0 Å². The van der Waals surface area contributed by atoms with Gasteiger partial charge < -0.3 is 30.3 Å². The van der Waals surface area contributed by atoms with Crippen LogP contribution in [-0.2, 0) is 16.0 Å². The Morgan fingerprint density at radius 3 is 2.37 bits per heavy atom. The highest BCUT2D eigenvalue weighted by Gasteiger charge is 2.27. The van der Waals surface area contributed by atoms with Gasteiger partial charge in [-0.1, -0.05) is 18.2 Å². The number of para-hydroxylation sites is 1. The number of nitrogens with one attached hydrogen (secondary N) is 3. The number of benzene rings is 2. The molecule has 0 aromatic heterocycles. The lowest BCUT2D eigenvalue weighted by molar-refractivity contribution is -0.128. The molecule has 0 saturated carbocycles. The number of urea groups is 1. The maximum atomic E-state index is 13.0. The predicted molar refractivity (Wildman–Crippen MR) is 134 cm³/mol. The summed E-state index contributed by atoms with van der Waals surface area (Å²) >= 11 is 0. The molecule has 4 amide bonds. The van der Waals surface area contributed by atoms with Crippen molar-refractivity contribution >= 4 is 23.5 Å². The number of ether oxygens (including phenoxy) is 2. The predicted octanol–water partition coefficient (Wildman–Crippen LogP) is 2.95. The molecule has 1 fully saturated rings. The summed E-state index contributed by atoms with van der Waals surface area (Å²) in [5.41, 5.74) is 1.54. The van der Waals surface area contributed by atoms with E-state index in [-0.39, 0.29) is 23.9 Å². The maximum absolute atomic E-state index is 13.0. The molecule has 0 bridgehead atoms. The summed E-state index contributed by atoms with van der Waals surface area (Å²) in [5.74, 6) is 0.900. The van der Waals surface area contributed by atoms with Crippen LogP contribution in [0.25, 0.3) is 0 Å². The van der Waals surface area contributed by atoms with Gasteiger partial charge in [-0.05, 0) is 55.7 Å². The Hall–Kier alpha value is -3.75. The number of nitrogens with zero attached hydrogens (tertiary/aromatic N) is 1. The molecular weight excluding hydrogens is 448 g/mol. The Labute approximate surface area is 206 Å². The molecule has 3 N–H and O–H groups in total. The van der Waals surface area contributed by atoms with Gasteiger partial charge in [0.1, 0.15) is 17.5 Å². The van der Waals surface area contributed by atoms with Crippen molar-refractivity contribution in [3.05, 3.63) is 54.1 Å². The largest absolute Gasteiger partial charge is 0.496 e. The number of carbonyl (C=O) groups excluding carboxylic acids is 3. The molecule has 3 rings (SSSR count). The molecule has 35 heavy (non-hydrogen) atoms. The van der Waals surface area contributed by atoms with Crippen molar-refractivity contribution in [2.75, 3.05) is 32.1 Å². The van der Waals surface area contributed by atoms with E-state index in [9.17, 15) is 14.4 Å². The Balaban J connectivity index is 1.51. The topological polar surface area (TPSA) is 109 Å². The highest BCUT2D eigenvalue weighted by Crippen LogP contribution is 2.20.